The summed E-state index contributed by atoms with van der Waals surface area (Å²) in [6, 6.07) is 5.62. The molecular weight excluding hydrogens is 680 g/mol. The van der Waals surface area contributed by atoms with Gasteiger partial charge in [-0.2, -0.15) is 0 Å². The molecule has 4 rings (SSSR count). The minimum absolute atomic E-state index is 0.0113. The second-order valence-electron chi connectivity index (χ2n) is 16.4. The monoisotopic (exact) mass is 751 g/mol. The average molecular weight is 751 g/mol. The first-order valence-corrected chi connectivity index (χ1v) is 21.8. The van der Waals surface area contributed by atoms with Crippen LogP contribution in [0.15, 0.2) is 30.9 Å². The molecule has 0 N–H and O–H groups in total. The molecule has 1 aromatic rings. The van der Waals surface area contributed by atoms with Gasteiger partial charge in [0.2, 0.25) is 0 Å². The molecule has 54 heavy (non-hydrogen) atoms. The fourth-order valence-corrected chi connectivity index (χ4v) is 8.79. The topological polar surface area (TPSA) is 105 Å². The number of esters is 4. The first-order chi connectivity index (χ1) is 26.3. The highest BCUT2D eigenvalue weighted by Gasteiger charge is 2.32. The van der Waals surface area contributed by atoms with Crippen molar-refractivity contribution in [2.24, 2.45) is 23.7 Å². The van der Waals surface area contributed by atoms with Crippen LogP contribution < -0.4 is 4.74 Å². The number of rotatable bonds is 22. The van der Waals surface area contributed by atoms with E-state index in [1.807, 2.05) is 12.1 Å². The summed E-state index contributed by atoms with van der Waals surface area (Å²) in [5, 5.41) is 0. The van der Waals surface area contributed by atoms with E-state index in [-0.39, 0.29) is 48.2 Å². The van der Waals surface area contributed by atoms with Gasteiger partial charge in [0.25, 0.3) is 0 Å². The molecule has 3 aliphatic rings. The second kappa shape index (κ2) is 24.4. The van der Waals surface area contributed by atoms with Crippen molar-refractivity contribution in [3.8, 4) is 5.75 Å². The molecule has 3 fully saturated rings. The first-order valence-electron chi connectivity index (χ1n) is 21.8. The fraction of sp³-hybridized carbons (Fsp3) is 0.739. The van der Waals surface area contributed by atoms with E-state index in [1.54, 1.807) is 6.07 Å². The van der Waals surface area contributed by atoms with Gasteiger partial charge in [0.05, 0.1) is 25.0 Å². The molecule has 0 heterocycles. The van der Waals surface area contributed by atoms with Crippen LogP contribution in [0.25, 0.3) is 0 Å². The minimum Gasteiger partial charge on any atom is -0.463 e. The third kappa shape index (κ3) is 14.8. The van der Waals surface area contributed by atoms with Gasteiger partial charge in [-0.05, 0) is 138 Å². The minimum atomic E-state index is -0.484. The number of carbonyl (C=O) groups excluding carboxylic acids is 4. The molecule has 0 aliphatic heterocycles. The predicted octanol–water partition coefficient (Wildman–Crippen LogP) is 11.4. The number of unbranched alkanes of at least 4 members (excludes halogenated alkanes) is 7. The molecule has 3 aliphatic carbocycles. The zero-order valence-corrected chi connectivity index (χ0v) is 33.6. The van der Waals surface area contributed by atoms with Crippen LogP contribution in [0, 0.1) is 23.7 Å². The summed E-state index contributed by atoms with van der Waals surface area (Å²) in [7, 11) is 0. The average Bonchev–Trinajstić information content (AvgIpc) is 3.19. The lowest BCUT2D eigenvalue weighted by Crippen LogP contribution is -2.30. The number of carbonyl (C=O) groups is 4. The smallest absolute Gasteiger partial charge is 0.341 e. The maximum atomic E-state index is 13.5. The molecule has 0 spiro atoms. The van der Waals surface area contributed by atoms with Crippen molar-refractivity contribution in [3.63, 3.8) is 0 Å². The Hall–Kier alpha value is -3.16. The summed E-state index contributed by atoms with van der Waals surface area (Å²) in [6.45, 7) is 8.47. The molecule has 0 amide bonds. The zero-order chi connectivity index (χ0) is 38.5. The van der Waals surface area contributed by atoms with Gasteiger partial charge in [0.1, 0.15) is 17.4 Å². The Morgan fingerprint density at radius 3 is 1.76 bits per heavy atom. The van der Waals surface area contributed by atoms with Crippen LogP contribution in [0.3, 0.4) is 0 Å². The van der Waals surface area contributed by atoms with Crippen molar-refractivity contribution in [2.45, 2.75) is 180 Å². The van der Waals surface area contributed by atoms with E-state index in [0.717, 1.165) is 114 Å². The highest BCUT2D eigenvalue weighted by Crippen LogP contribution is 2.39. The van der Waals surface area contributed by atoms with Gasteiger partial charge in [0, 0.05) is 6.08 Å². The van der Waals surface area contributed by atoms with Crippen LogP contribution in [0.5, 0.6) is 5.75 Å². The number of hydrogen-bond acceptors (Lipinski definition) is 8. The zero-order valence-electron chi connectivity index (χ0n) is 33.6. The molecule has 0 atom stereocenters. The van der Waals surface area contributed by atoms with E-state index in [0.29, 0.717) is 24.5 Å². The molecule has 0 aromatic heterocycles. The van der Waals surface area contributed by atoms with Gasteiger partial charge >= 0.3 is 23.9 Å². The Bertz CT molecular complexity index is 1300. The van der Waals surface area contributed by atoms with Crippen LogP contribution in [0.1, 0.15) is 190 Å². The van der Waals surface area contributed by atoms with Crippen molar-refractivity contribution in [1.82, 2.24) is 0 Å². The Labute approximate surface area is 325 Å². The summed E-state index contributed by atoms with van der Waals surface area (Å²) in [6.07, 6.45) is 25.6. The Morgan fingerprint density at radius 1 is 0.648 bits per heavy atom. The largest absolute Gasteiger partial charge is 0.463 e. The maximum absolute atomic E-state index is 13.5. The van der Waals surface area contributed by atoms with Crippen molar-refractivity contribution >= 4 is 23.9 Å². The van der Waals surface area contributed by atoms with Crippen LogP contribution >= 0.6 is 0 Å². The van der Waals surface area contributed by atoms with Crippen molar-refractivity contribution in [2.75, 3.05) is 13.2 Å². The molecule has 0 unspecified atom stereocenters. The molecule has 0 bridgehead atoms. The van der Waals surface area contributed by atoms with Crippen LogP contribution in [-0.2, 0) is 28.6 Å². The highest BCUT2D eigenvalue weighted by atomic mass is 16.6. The van der Waals surface area contributed by atoms with Gasteiger partial charge in [-0.3, -0.25) is 9.59 Å². The molecule has 3 saturated carbocycles. The molecular formula is C46H70O8. The SMILES string of the molecule is C=CC(=O)OCCCCCCOC(=O)c1cc(C2CCC(OC(=O)C3CCC(CCCCC)CC3)CC2)ccc1OC(=O)C1CCC(CCCCC)CC1. The standard InChI is InChI=1S/C46H70O8/c1-4-7-11-15-34-17-21-37(22-18-34)44(48)53-40-28-25-36(26-29-40)39-27-30-42(54-45(49)38-23-19-35(20-24-38)16-12-8-5-2)41(33-39)46(50)52-32-14-10-9-13-31-51-43(47)6-3/h6,27,30,33-38,40H,3-5,7-26,28-29,31-32H2,1-2H3. The third-order valence-electron chi connectivity index (χ3n) is 12.3. The van der Waals surface area contributed by atoms with Crippen molar-refractivity contribution in [3.05, 3.63) is 42.0 Å². The third-order valence-corrected chi connectivity index (χ3v) is 12.3. The van der Waals surface area contributed by atoms with Gasteiger partial charge in [-0.25, -0.2) is 9.59 Å². The quantitative estimate of drug-likeness (QED) is 0.0379. The summed E-state index contributed by atoms with van der Waals surface area (Å²) in [5.41, 5.74) is 1.32. The lowest BCUT2D eigenvalue weighted by molar-refractivity contribution is -0.157. The molecule has 0 radical (unpaired) electrons. The lowest BCUT2D eigenvalue weighted by Gasteiger charge is -2.32. The maximum Gasteiger partial charge on any atom is 0.341 e. The summed E-state index contributed by atoms with van der Waals surface area (Å²) in [4.78, 5) is 51.2. The molecule has 0 saturated heterocycles. The predicted molar refractivity (Wildman–Crippen MR) is 212 cm³/mol. The van der Waals surface area contributed by atoms with E-state index < -0.39 is 11.9 Å². The van der Waals surface area contributed by atoms with Crippen molar-refractivity contribution < 1.29 is 38.1 Å². The summed E-state index contributed by atoms with van der Waals surface area (Å²) in [5.74, 6) is 0.648. The van der Waals surface area contributed by atoms with Gasteiger partial charge in [-0.1, -0.05) is 77.9 Å². The Morgan fingerprint density at radius 2 is 1.20 bits per heavy atom. The fourth-order valence-electron chi connectivity index (χ4n) is 8.79. The van der Waals surface area contributed by atoms with Gasteiger partial charge < -0.3 is 18.9 Å². The van der Waals surface area contributed by atoms with E-state index >= 15 is 0 Å². The molecule has 302 valence electrons. The summed E-state index contributed by atoms with van der Waals surface area (Å²) >= 11 is 0. The van der Waals surface area contributed by atoms with Gasteiger partial charge in [0.15, 0.2) is 0 Å². The van der Waals surface area contributed by atoms with E-state index in [4.69, 9.17) is 18.9 Å². The van der Waals surface area contributed by atoms with E-state index in [1.165, 1.54) is 51.4 Å². The van der Waals surface area contributed by atoms with E-state index in [9.17, 15) is 19.2 Å². The van der Waals surface area contributed by atoms with Crippen molar-refractivity contribution in [1.29, 1.82) is 0 Å². The second-order valence-corrected chi connectivity index (χ2v) is 16.4. The number of hydrogen-bond donors (Lipinski definition) is 0. The normalized spacial score (nSPS) is 24.3. The van der Waals surface area contributed by atoms with Gasteiger partial charge in [-0.15, -0.1) is 0 Å². The first kappa shape index (κ1) is 43.6. The number of benzene rings is 1. The Balaban J connectivity index is 1.30. The highest BCUT2D eigenvalue weighted by molar-refractivity contribution is 5.94. The molecule has 8 heteroatoms. The van der Waals surface area contributed by atoms with Crippen LogP contribution in [-0.4, -0.2) is 43.2 Å². The molecule has 8 nitrogen and oxygen atoms in total. The lowest BCUT2D eigenvalue weighted by atomic mass is 9.79. The summed E-state index contributed by atoms with van der Waals surface area (Å²) < 4.78 is 22.8. The Kier molecular flexibility index (Phi) is 19.7. The van der Waals surface area contributed by atoms with Crippen LogP contribution in [0.2, 0.25) is 0 Å². The van der Waals surface area contributed by atoms with Crippen LogP contribution in [0.4, 0.5) is 0 Å². The molecule has 1 aromatic carbocycles. The van der Waals surface area contributed by atoms with E-state index in [2.05, 4.69) is 20.4 Å². The number of ether oxygens (including phenoxy) is 4.